The van der Waals surface area contributed by atoms with Crippen LogP contribution in [0.4, 0.5) is 8.78 Å². The van der Waals surface area contributed by atoms with Gasteiger partial charge in [-0.25, -0.2) is 0 Å². The average Bonchev–Trinajstić information content (AvgIpc) is 2.68. The summed E-state index contributed by atoms with van der Waals surface area (Å²) in [6.07, 6.45) is 2.10. The van der Waals surface area contributed by atoms with Crippen LogP contribution < -0.4 is 4.74 Å². The maximum absolute atomic E-state index is 12.7. The van der Waals surface area contributed by atoms with E-state index in [0.29, 0.717) is 38.6 Å². The van der Waals surface area contributed by atoms with Gasteiger partial charge in [0.1, 0.15) is 5.75 Å². The number of alkyl halides is 2. The molecule has 0 aromatic heterocycles. The van der Waals surface area contributed by atoms with E-state index in [1.54, 1.807) is 17.0 Å². The number of hydrogen-bond acceptors (Lipinski definition) is 4. The highest BCUT2D eigenvalue weighted by molar-refractivity contribution is 5.97. The molecule has 1 aromatic carbocycles. The number of likely N-dealkylation sites (tertiary alicyclic amines) is 1. The summed E-state index contributed by atoms with van der Waals surface area (Å²) in [5, 5.41) is 0. The Bertz CT molecular complexity index is 685. The molecule has 154 valence electrons. The molecule has 2 heterocycles. The van der Waals surface area contributed by atoms with Gasteiger partial charge in [-0.3, -0.25) is 14.5 Å². The predicted octanol–water partition coefficient (Wildman–Crippen LogP) is 2.30. The summed E-state index contributed by atoms with van der Waals surface area (Å²) in [7, 11) is 0. The molecule has 0 saturated carbocycles. The first kappa shape index (κ1) is 20.5. The van der Waals surface area contributed by atoms with Gasteiger partial charge in [0.15, 0.2) is 0 Å². The van der Waals surface area contributed by atoms with Crippen LogP contribution in [0.15, 0.2) is 24.3 Å². The molecule has 0 N–H and O–H groups in total. The Labute approximate surface area is 164 Å². The monoisotopic (exact) mass is 395 g/mol. The van der Waals surface area contributed by atoms with Gasteiger partial charge in [-0.05, 0) is 30.9 Å². The van der Waals surface area contributed by atoms with E-state index in [2.05, 4.69) is 11.7 Å². The standard InChI is InChI=1S/C20H27F2N3O3/c1-15-6-8-24(9-7-15)18(26)14-23-10-12-25(13-11-23)19(27)16-4-2-3-5-17(16)28-20(21)22/h2-5,15,20H,6-14H2,1H3. The van der Waals surface area contributed by atoms with E-state index >= 15 is 0 Å². The van der Waals surface area contributed by atoms with Gasteiger partial charge < -0.3 is 14.5 Å². The topological polar surface area (TPSA) is 53.1 Å². The average molecular weight is 395 g/mol. The van der Waals surface area contributed by atoms with Crippen molar-refractivity contribution in [1.29, 1.82) is 0 Å². The van der Waals surface area contributed by atoms with Crippen molar-refractivity contribution in [3.8, 4) is 5.75 Å². The molecule has 1 aromatic rings. The van der Waals surface area contributed by atoms with E-state index in [4.69, 9.17) is 0 Å². The fraction of sp³-hybridized carbons (Fsp3) is 0.600. The largest absolute Gasteiger partial charge is 0.434 e. The van der Waals surface area contributed by atoms with Crippen LogP contribution in [-0.2, 0) is 4.79 Å². The number of benzene rings is 1. The molecule has 28 heavy (non-hydrogen) atoms. The first-order chi connectivity index (χ1) is 13.4. The molecular weight excluding hydrogens is 368 g/mol. The minimum Gasteiger partial charge on any atom is -0.434 e. The summed E-state index contributed by atoms with van der Waals surface area (Å²) in [5.74, 6) is 0.379. The van der Waals surface area contributed by atoms with Crippen LogP contribution in [0.5, 0.6) is 5.75 Å². The summed E-state index contributed by atoms with van der Waals surface area (Å²) in [6, 6.07) is 6.04. The zero-order valence-corrected chi connectivity index (χ0v) is 16.2. The van der Waals surface area contributed by atoms with Gasteiger partial charge in [0.25, 0.3) is 5.91 Å². The predicted molar refractivity (Wildman–Crippen MR) is 100 cm³/mol. The highest BCUT2D eigenvalue weighted by Gasteiger charge is 2.27. The molecule has 2 aliphatic rings. The molecule has 2 saturated heterocycles. The van der Waals surface area contributed by atoms with Gasteiger partial charge in [-0.1, -0.05) is 19.1 Å². The Morgan fingerprint density at radius 2 is 1.68 bits per heavy atom. The van der Waals surface area contributed by atoms with Crippen molar-refractivity contribution in [1.82, 2.24) is 14.7 Å². The normalized spacial score (nSPS) is 19.1. The van der Waals surface area contributed by atoms with Crippen molar-refractivity contribution in [2.75, 3.05) is 45.8 Å². The molecule has 6 nitrogen and oxygen atoms in total. The van der Waals surface area contributed by atoms with E-state index in [9.17, 15) is 18.4 Å². The number of piperidine rings is 1. The highest BCUT2D eigenvalue weighted by atomic mass is 19.3. The number of hydrogen-bond donors (Lipinski definition) is 0. The number of nitrogens with zero attached hydrogens (tertiary/aromatic N) is 3. The second-order valence-corrected chi connectivity index (χ2v) is 7.51. The molecule has 0 unspecified atom stereocenters. The Morgan fingerprint density at radius 3 is 2.32 bits per heavy atom. The molecule has 0 atom stereocenters. The Kier molecular flexibility index (Phi) is 6.83. The van der Waals surface area contributed by atoms with Crippen molar-refractivity contribution in [3.63, 3.8) is 0 Å². The Hall–Kier alpha value is -2.22. The van der Waals surface area contributed by atoms with Gasteiger partial charge in [-0.15, -0.1) is 0 Å². The molecule has 2 fully saturated rings. The molecule has 3 rings (SSSR count). The lowest BCUT2D eigenvalue weighted by molar-refractivity contribution is -0.134. The van der Waals surface area contributed by atoms with E-state index in [1.165, 1.54) is 12.1 Å². The van der Waals surface area contributed by atoms with Crippen LogP contribution in [0.25, 0.3) is 0 Å². The van der Waals surface area contributed by atoms with Crippen LogP contribution in [0.1, 0.15) is 30.1 Å². The van der Waals surface area contributed by atoms with Crippen molar-refractivity contribution in [2.45, 2.75) is 26.4 Å². The van der Waals surface area contributed by atoms with Crippen LogP contribution in [-0.4, -0.2) is 78.9 Å². The van der Waals surface area contributed by atoms with Gasteiger partial charge in [0, 0.05) is 39.3 Å². The Morgan fingerprint density at radius 1 is 1.04 bits per heavy atom. The number of halogens is 2. The number of rotatable bonds is 5. The van der Waals surface area contributed by atoms with E-state index in [-0.39, 0.29) is 23.1 Å². The number of carbonyl (C=O) groups is 2. The lowest BCUT2D eigenvalue weighted by Gasteiger charge is -2.36. The summed E-state index contributed by atoms with van der Waals surface area (Å²) in [6.45, 7) is 3.30. The smallest absolute Gasteiger partial charge is 0.387 e. The van der Waals surface area contributed by atoms with Crippen molar-refractivity contribution < 1.29 is 23.1 Å². The zero-order chi connectivity index (χ0) is 20.1. The molecule has 2 amide bonds. The molecule has 0 radical (unpaired) electrons. The minimum absolute atomic E-state index is 0.112. The first-order valence-electron chi connectivity index (χ1n) is 9.77. The third kappa shape index (κ3) is 5.19. The summed E-state index contributed by atoms with van der Waals surface area (Å²) in [5.41, 5.74) is 0.134. The van der Waals surface area contributed by atoms with Gasteiger partial charge in [0.05, 0.1) is 12.1 Å². The van der Waals surface area contributed by atoms with Crippen LogP contribution in [0, 0.1) is 5.92 Å². The summed E-state index contributed by atoms with van der Waals surface area (Å²) < 4.78 is 29.6. The van der Waals surface area contributed by atoms with Crippen molar-refractivity contribution >= 4 is 11.8 Å². The lowest BCUT2D eigenvalue weighted by atomic mass is 9.99. The van der Waals surface area contributed by atoms with Crippen LogP contribution in [0.3, 0.4) is 0 Å². The summed E-state index contributed by atoms with van der Waals surface area (Å²) >= 11 is 0. The molecule has 8 heteroatoms. The molecule has 2 aliphatic heterocycles. The van der Waals surface area contributed by atoms with Crippen molar-refractivity contribution in [3.05, 3.63) is 29.8 Å². The molecular formula is C20H27F2N3O3. The van der Waals surface area contributed by atoms with E-state index in [0.717, 1.165) is 25.9 Å². The van der Waals surface area contributed by atoms with Crippen LogP contribution in [0.2, 0.25) is 0 Å². The zero-order valence-electron chi connectivity index (χ0n) is 16.2. The lowest BCUT2D eigenvalue weighted by Crippen LogP contribution is -2.52. The third-order valence-electron chi connectivity index (χ3n) is 5.49. The fourth-order valence-electron chi connectivity index (χ4n) is 3.67. The minimum atomic E-state index is -2.98. The summed E-state index contributed by atoms with van der Waals surface area (Å²) in [4.78, 5) is 30.8. The first-order valence-corrected chi connectivity index (χ1v) is 9.77. The van der Waals surface area contributed by atoms with Gasteiger partial charge in [0.2, 0.25) is 5.91 Å². The van der Waals surface area contributed by atoms with E-state index < -0.39 is 6.61 Å². The molecule has 0 spiro atoms. The maximum atomic E-state index is 12.7. The quantitative estimate of drug-likeness (QED) is 0.768. The van der Waals surface area contributed by atoms with Crippen LogP contribution >= 0.6 is 0 Å². The maximum Gasteiger partial charge on any atom is 0.387 e. The second-order valence-electron chi connectivity index (χ2n) is 7.51. The molecule has 0 bridgehead atoms. The number of para-hydroxylation sites is 1. The number of piperazine rings is 1. The SMILES string of the molecule is CC1CCN(C(=O)CN2CCN(C(=O)c3ccccc3OC(F)F)CC2)CC1. The number of carbonyl (C=O) groups excluding carboxylic acids is 2. The van der Waals surface area contributed by atoms with Gasteiger partial charge >= 0.3 is 6.61 Å². The Balaban J connectivity index is 1.51. The highest BCUT2D eigenvalue weighted by Crippen LogP contribution is 2.22. The van der Waals surface area contributed by atoms with Gasteiger partial charge in [-0.2, -0.15) is 8.78 Å². The van der Waals surface area contributed by atoms with E-state index in [1.807, 2.05) is 9.80 Å². The number of amides is 2. The van der Waals surface area contributed by atoms with Crippen molar-refractivity contribution in [2.24, 2.45) is 5.92 Å². The molecule has 0 aliphatic carbocycles. The third-order valence-corrected chi connectivity index (χ3v) is 5.49. The second kappa shape index (κ2) is 9.32. The number of ether oxygens (including phenoxy) is 1. The fourth-order valence-corrected chi connectivity index (χ4v) is 3.67.